The molecule has 1 aliphatic rings. The molecule has 4 unspecified atom stereocenters. The van der Waals surface area contributed by atoms with E-state index in [4.69, 9.17) is 8.85 Å². The molecular formula is C24H32O2Si2. The van der Waals surface area contributed by atoms with Gasteiger partial charge in [-0.25, -0.2) is 0 Å². The Morgan fingerprint density at radius 3 is 1.57 bits per heavy atom. The van der Waals surface area contributed by atoms with E-state index in [2.05, 4.69) is 85.2 Å². The van der Waals surface area contributed by atoms with Crippen molar-refractivity contribution < 1.29 is 8.85 Å². The van der Waals surface area contributed by atoms with Gasteiger partial charge in [0.15, 0.2) is 0 Å². The van der Waals surface area contributed by atoms with Crippen molar-refractivity contribution in [1.82, 2.24) is 0 Å². The Morgan fingerprint density at radius 2 is 1.18 bits per heavy atom. The first kappa shape index (κ1) is 21.0. The number of rotatable bonds is 10. The minimum Gasteiger partial charge on any atom is -0.413 e. The van der Waals surface area contributed by atoms with Gasteiger partial charge in [-0.3, -0.25) is 0 Å². The van der Waals surface area contributed by atoms with Crippen molar-refractivity contribution in [2.75, 3.05) is 0 Å². The summed E-state index contributed by atoms with van der Waals surface area (Å²) in [6.45, 7) is 8.10. The molecule has 1 fully saturated rings. The molecule has 0 aromatic heterocycles. The summed E-state index contributed by atoms with van der Waals surface area (Å²) in [4.78, 5) is 0. The van der Waals surface area contributed by atoms with Crippen LogP contribution in [0.2, 0.25) is 0 Å². The number of benzene rings is 2. The monoisotopic (exact) mass is 408 g/mol. The van der Waals surface area contributed by atoms with Gasteiger partial charge in [0.2, 0.25) is 18.1 Å². The summed E-state index contributed by atoms with van der Waals surface area (Å²) in [7, 11) is -2.88. The molecule has 148 valence electrons. The molecule has 2 aromatic carbocycles. The molecule has 0 heterocycles. The maximum atomic E-state index is 6.54. The molecule has 0 saturated heterocycles. The third-order valence-corrected chi connectivity index (χ3v) is 9.67. The second kappa shape index (κ2) is 11.3. The predicted molar refractivity (Wildman–Crippen MR) is 123 cm³/mol. The van der Waals surface area contributed by atoms with E-state index in [1.165, 1.54) is 17.5 Å². The van der Waals surface area contributed by atoms with Crippen molar-refractivity contribution in [3.8, 4) is 0 Å². The van der Waals surface area contributed by atoms with Gasteiger partial charge >= 0.3 is 0 Å². The molecule has 0 amide bonds. The number of hydrogen-bond acceptors (Lipinski definition) is 2. The number of hydrogen-bond donors (Lipinski definition) is 0. The van der Waals surface area contributed by atoms with Gasteiger partial charge in [0.05, 0.1) is 0 Å². The maximum absolute atomic E-state index is 6.54. The third kappa shape index (κ3) is 6.71. The van der Waals surface area contributed by atoms with Crippen LogP contribution in [0.15, 0.2) is 85.2 Å². The second-order valence-corrected chi connectivity index (χ2v) is 12.1. The Bertz CT molecular complexity index is 658. The zero-order valence-electron chi connectivity index (χ0n) is 16.7. The smallest absolute Gasteiger partial charge is 0.205 e. The lowest BCUT2D eigenvalue weighted by Crippen LogP contribution is -2.36. The molecule has 3 rings (SSSR count). The van der Waals surface area contributed by atoms with Crippen LogP contribution in [0.25, 0.3) is 0 Å². The summed E-state index contributed by atoms with van der Waals surface area (Å²) in [5.41, 5.74) is 6.86. The van der Waals surface area contributed by atoms with Gasteiger partial charge in [0.1, 0.15) is 0 Å². The molecule has 0 bridgehead atoms. The summed E-state index contributed by atoms with van der Waals surface area (Å²) in [5, 5.41) is 0. The van der Waals surface area contributed by atoms with Crippen molar-refractivity contribution in [3.63, 3.8) is 0 Å². The standard InChI is InChI=1S/C24H32O2Si2/c1-3-27(19-21-12-7-5-8-13-21)25-23-16-11-17-24(18-23)26-28(4-2)20-22-14-9-6-10-15-22/h3-10,12-15,23-24,27-28H,1-2,11,16-20H2. The molecule has 1 saturated carbocycles. The van der Waals surface area contributed by atoms with Crippen molar-refractivity contribution in [3.05, 3.63) is 96.3 Å². The van der Waals surface area contributed by atoms with E-state index in [-0.39, 0.29) is 0 Å². The normalized spacial score (nSPS) is 21.6. The zero-order valence-corrected chi connectivity index (χ0v) is 19.0. The van der Waals surface area contributed by atoms with E-state index in [9.17, 15) is 0 Å². The lowest BCUT2D eigenvalue weighted by molar-refractivity contribution is 0.0671. The summed E-state index contributed by atoms with van der Waals surface area (Å²) in [6.07, 6.45) is 5.11. The van der Waals surface area contributed by atoms with Gasteiger partial charge in [-0.2, -0.15) is 0 Å². The van der Waals surface area contributed by atoms with E-state index < -0.39 is 18.1 Å². The topological polar surface area (TPSA) is 18.5 Å². The summed E-state index contributed by atoms with van der Waals surface area (Å²) < 4.78 is 13.1. The van der Waals surface area contributed by atoms with Crippen molar-refractivity contribution in [2.45, 2.75) is 50.0 Å². The van der Waals surface area contributed by atoms with E-state index in [1.807, 2.05) is 0 Å². The maximum Gasteiger partial charge on any atom is 0.205 e. The van der Waals surface area contributed by atoms with Crippen LogP contribution in [0, 0.1) is 0 Å². The first-order valence-electron chi connectivity index (χ1n) is 10.4. The van der Waals surface area contributed by atoms with Crippen LogP contribution in [0.5, 0.6) is 0 Å². The van der Waals surface area contributed by atoms with Crippen LogP contribution < -0.4 is 0 Å². The Hall–Kier alpha value is -1.73. The fourth-order valence-electron chi connectivity index (χ4n) is 3.91. The Balaban J connectivity index is 1.51. The largest absolute Gasteiger partial charge is 0.413 e. The first-order chi connectivity index (χ1) is 13.8. The van der Waals surface area contributed by atoms with Crippen LogP contribution in [0.4, 0.5) is 0 Å². The molecule has 2 nitrogen and oxygen atoms in total. The molecule has 0 aliphatic heterocycles. The van der Waals surface area contributed by atoms with Crippen LogP contribution in [0.3, 0.4) is 0 Å². The summed E-state index contributed by atoms with van der Waals surface area (Å²) in [5.74, 6) is 0. The molecule has 0 radical (unpaired) electrons. The van der Waals surface area contributed by atoms with Gasteiger partial charge in [-0.15, -0.1) is 13.2 Å². The van der Waals surface area contributed by atoms with E-state index in [1.54, 1.807) is 0 Å². The fourth-order valence-corrected chi connectivity index (χ4v) is 7.62. The molecule has 4 heteroatoms. The Morgan fingerprint density at radius 1 is 0.750 bits per heavy atom. The fraction of sp³-hybridized carbons (Fsp3) is 0.333. The summed E-state index contributed by atoms with van der Waals surface area (Å²) >= 11 is 0. The van der Waals surface area contributed by atoms with Gasteiger partial charge in [0.25, 0.3) is 0 Å². The molecular weight excluding hydrogens is 376 g/mol. The van der Waals surface area contributed by atoms with Crippen LogP contribution >= 0.6 is 0 Å². The van der Waals surface area contributed by atoms with Gasteiger partial charge in [-0.1, -0.05) is 72.1 Å². The second-order valence-electron chi connectivity index (χ2n) is 7.61. The van der Waals surface area contributed by atoms with Crippen LogP contribution in [-0.4, -0.2) is 30.3 Å². The lowest BCUT2D eigenvalue weighted by atomic mass is 9.95. The highest BCUT2D eigenvalue weighted by atomic mass is 28.3. The van der Waals surface area contributed by atoms with E-state index >= 15 is 0 Å². The highest BCUT2D eigenvalue weighted by Gasteiger charge is 2.27. The highest BCUT2D eigenvalue weighted by Crippen LogP contribution is 2.26. The SMILES string of the molecule is C=C[SiH](Cc1ccccc1)OC1CCCC(O[SiH](C=C)Cc2ccccc2)C1. The molecule has 2 aromatic rings. The minimum absolute atomic E-state index is 0.313. The molecule has 1 aliphatic carbocycles. The highest BCUT2D eigenvalue weighted by molar-refractivity contribution is 6.57. The minimum atomic E-state index is -1.44. The Labute approximate surface area is 173 Å². The molecule has 28 heavy (non-hydrogen) atoms. The molecule has 0 spiro atoms. The van der Waals surface area contributed by atoms with Gasteiger partial charge in [0, 0.05) is 12.2 Å². The van der Waals surface area contributed by atoms with Crippen LogP contribution in [-0.2, 0) is 20.9 Å². The van der Waals surface area contributed by atoms with Crippen molar-refractivity contribution in [1.29, 1.82) is 0 Å². The average molecular weight is 409 g/mol. The van der Waals surface area contributed by atoms with Crippen molar-refractivity contribution in [2.24, 2.45) is 0 Å². The quantitative estimate of drug-likeness (QED) is 0.526. The van der Waals surface area contributed by atoms with E-state index in [0.29, 0.717) is 12.2 Å². The van der Waals surface area contributed by atoms with E-state index in [0.717, 1.165) is 31.4 Å². The molecule has 4 atom stereocenters. The Kier molecular flexibility index (Phi) is 8.49. The van der Waals surface area contributed by atoms with Crippen molar-refractivity contribution >= 4 is 18.1 Å². The molecule has 0 N–H and O–H groups in total. The predicted octanol–water partition coefficient (Wildman–Crippen LogP) is 4.79. The first-order valence-corrected chi connectivity index (χ1v) is 14.3. The van der Waals surface area contributed by atoms with Gasteiger partial charge < -0.3 is 8.85 Å². The van der Waals surface area contributed by atoms with Crippen LogP contribution in [0.1, 0.15) is 36.8 Å². The lowest BCUT2D eigenvalue weighted by Gasteiger charge is -2.33. The summed E-state index contributed by atoms with van der Waals surface area (Å²) in [6, 6.07) is 23.3. The third-order valence-electron chi connectivity index (χ3n) is 5.40. The van der Waals surface area contributed by atoms with Gasteiger partial charge in [-0.05, 0) is 48.9 Å². The zero-order chi connectivity index (χ0) is 19.6. The average Bonchev–Trinajstić information content (AvgIpc) is 2.74.